The molecule has 8 nitrogen and oxygen atoms in total. The number of aryl methyl sites for hydroxylation is 2. The van der Waals surface area contributed by atoms with E-state index in [1.54, 1.807) is 45.4 Å². The predicted octanol–water partition coefficient (Wildman–Crippen LogP) is 6.04. The first kappa shape index (κ1) is 29.5. The van der Waals surface area contributed by atoms with Crippen molar-refractivity contribution in [3.63, 3.8) is 0 Å². The lowest BCUT2D eigenvalue weighted by Gasteiger charge is -2.29. The Balaban J connectivity index is 2.07. The second-order valence-corrected chi connectivity index (χ2v) is 12.8. The number of carboxylic acid groups (broad SMARTS) is 1. The zero-order valence-corrected chi connectivity index (χ0v) is 24.9. The lowest BCUT2D eigenvalue weighted by molar-refractivity contribution is -0.160. The van der Waals surface area contributed by atoms with Crippen molar-refractivity contribution in [3.8, 4) is 16.9 Å². The first-order valence-electron chi connectivity index (χ1n) is 13.6. The van der Waals surface area contributed by atoms with Gasteiger partial charge in [-0.25, -0.2) is 14.2 Å². The van der Waals surface area contributed by atoms with E-state index >= 15 is 4.39 Å². The highest BCUT2D eigenvalue weighted by Crippen LogP contribution is 2.44. The maximum Gasteiger partial charge on any atom is 0.337 e. The molecule has 0 unspecified atom stereocenters. The third-order valence-electron chi connectivity index (χ3n) is 7.08. The molecule has 0 saturated carbocycles. The molecule has 1 aliphatic rings. The van der Waals surface area contributed by atoms with Gasteiger partial charge in [0, 0.05) is 41.4 Å². The van der Waals surface area contributed by atoms with Crippen LogP contribution in [-0.4, -0.2) is 45.3 Å². The molecule has 4 rings (SSSR count). The number of aromatic nitrogens is 2. The molecule has 9 heteroatoms. The van der Waals surface area contributed by atoms with Crippen LogP contribution in [0.4, 0.5) is 4.39 Å². The van der Waals surface area contributed by atoms with Gasteiger partial charge in [-0.3, -0.25) is 4.79 Å². The maximum atomic E-state index is 15.5. The smallest absolute Gasteiger partial charge is 0.337 e. The Morgan fingerprint density at radius 1 is 1.20 bits per heavy atom. The average Bonchev–Trinajstić information content (AvgIpc) is 3.17. The third-order valence-corrected chi connectivity index (χ3v) is 7.08. The molecule has 1 amide bonds. The van der Waals surface area contributed by atoms with Gasteiger partial charge in [0.15, 0.2) is 17.7 Å². The van der Waals surface area contributed by atoms with Gasteiger partial charge in [0.05, 0.1) is 12.2 Å². The number of aliphatic carboxylic acids is 1. The molecule has 0 spiro atoms. The highest BCUT2D eigenvalue weighted by Gasteiger charge is 2.35. The highest BCUT2D eigenvalue weighted by atomic mass is 19.1. The van der Waals surface area contributed by atoms with E-state index in [4.69, 9.17) is 14.5 Å². The fraction of sp³-hybridized carbons (Fsp3) is 0.516. The number of hydrogen-bond acceptors (Lipinski definition) is 5. The summed E-state index contributed by atoms with van der Waals surface area (Å²) < 4.78 is 29.0. The monoisotopic (exact) mass is 553 g/mol. The molecule has 40 heavy (non-hydrogen) atoms. The third kappa shape index (κ3) is 5.70. The van der Waals surface area contributed by atoms with E-state index in [0.29, 0.717) is 58.7 Å². The van der Waals surface area contributed by atoms with Crippen LogP contribution in [0.15, 0.2) is 12.1 Å². The highest BCUT2D eigenvalue weighted by molar-refractivity contribution is 6.04. The molecule has 3 heterocycles. The minimum atomic E-state index is -1.37. The molecule has 3 aromatic rings. The molecule has 216 valence electrons. The van der Waals surface area contributed by atoms with Crippen molar-refractivity contribution in [1.29, 1.82) is 0 Å². The minimum Gasteiger partial charge on any atom is -0.490 e. The summed E-state index contributed by atoms with van der Waals surface area (Å²) in [6, 6.07) is 3.11. The van der Waals surface area contributed by atoms with E-state index < -0.39 is 23.5 Å². The molecule has 0 bridgehead atoms. The molecule has 0 aliphatic carbocycles. The fourth-order valence-electron chi connectivity index (χ4n) is 5.23. The number of nitrogens with zero attached hydrogens (tertiary/aromatic N) is 2. The van der Waals surface area contributed by atoms with E-state index in [1.807, 2.05) is 27.7 Å². The average molecular weight is 554 g/mol. The number of benzene rings is 1. The Hall–Kier alpha value is -3.46. The van der Waals surface area contributed by atoms with Crippen LogP contribution < -0.4 is 10.1 Å². The number of carboxylic acids is 1. The molecule has 1 atom stereocenters. The first-order chi connectivity index (χ1) is 18.5. The Morgan fingerprint density at radius 2 is 1.88 bits per heavy atom. The van der Waals surface area contributed by atoms with Crippen molar-refractivity contribution in [2.75, 3.05) is 13.2 Å². The van der Waals surface area contributed by atoms with Gasteiger partial charge in [0.1, 0.15) is 11.3 Å². The van der Waals surface area contributed by atoms with Crippen LogP contribution in [0, 0.1) is 25.1 Å². The normalized spacial score (nSPS) is 14.6. The van der Waals surface area contributed by atoms with Gasteiger partial charge in [-0.1, -0.05) is 20.8 Å². The number of hydrogen-bond donors (Lipinski definition) is 2. The number of halogens is 1. The van der Waals surface area contributed by atoms with Crippen molar-refractivity contribution >= 4 is 22.9 Å². The van der Waals surface area contributed by atoms with Gasteiger partial charge in [-0.05, 0) is 76.1 Å². The number of nitrogens with one attached hydrogen (secondary N) is 1. The van der Waals surface area contributed by atoms with Gasteiger partial charge in [0.2, 0.25) is 0 Å². The van der Waals surface area contributed by atoms with Crippen LogP contribution in [-0.2, 0) is 23.0 Å². The summed E-state index contributed by atoms with van der Waals surface area (Å²) in [5.41, 5.74) is 3.30. The topological polar surface area (TPSA) is 103 Å². The molecule has 2 aromatic heterocycles. The van der Waals surface area contributed by atoms with E-state index in [1.165, 1.54) is 6.07 Å². The first-order valence-corrected chi connectivity index (χ1v) is 13.6. The maximum absolute atomic E-state index is 15.5. The largest absolute Gasteiger partial charge is 0.490 e. The molecule has 0 fully saturated rings. The van der Waals surface area contributed by atoms with Gasteiger partial charge in [-0.2, -0.15) is 0 Å². The van der Waals surface area contributed by atoms with E-state index in [9.17, 15) is 14.7 Å². The summed E-state index contributed by atoms with van der Waals surface area (Å²) in [5, 5.41) is 13.9. The zero-order valence-electron chi connectivity index (χ0n) is 24.9. The predicted molar refractivity (Wildman–Crippen MR) is 152 cm³/mol. The lowest BCUT2D eigenvalue weighted by Crippen LogP contribution is -2.33. The van der Waals surface area contributed by atoms with Crippen LogP contribution in [0.3, 0.4) is 0 Å². The molecule has 0 saturated heterocycles. The second kappa shape index (κ2) is 10.5. The number of ether oxygens (including phenoxy) is 2. The van der Waals surface area contributed by atoms with Gasteiger partial charge >= 0.3 is 5.97 Å². The summed E-state index contributed by atoms with van der Waals surface area (Å²) in [7, 11) is 1.75. The Bertz CT molecular complexity index is 1490. The summed E-state index contributed by atoms with van der Waals surface area (Å²) in [6.07, 6.45) is 0.0211. The molecular formula is C31H40FN3O5. The van der Waals surface area contributed by atoms with Gasteiger partial charge in [-0.15, -0.1) is 0 Å². The Labute approximate surface area is 234 Å². The van der Waals surface area contributed by atoms with Crippen molar-refractivity contribution < 1.29 is 28.6 Å². The van der Waals surface area contributed by atoms with Crippen LogP contribution in [0.25, 0.3) is 22.2 Å². The number of carbonyl (C=O) groups excluding carboxylic acids is 1. The zero-order chi connectivity index (χ0) is 29.7. The van der Waals surface area contributed by atoms with E-state index in [0.717, 1.165) is 17.5 Å². The van der Waals surface area contributed by atoms with Crippen molar-refractivity contribution in [3.05, 3.63) is 46.0 Å². The number of pyridine rings is 1. The van der Waals surface area contributed by atoms with Crippen molar-refractivity contribution in [2.45, 2.75) is 79.9 Å². The summed E-state index contributed by atoms with van der Waals surface area (Å²) in [6.45, 7) is 16.0. The standard InChI is InChI=1S/C31H40FN3O5/c1-16-18-11-10-12-39-25(18)21(32)13-19(16)24-20-14-22(28(36)33-15-30(3,4)5)35(9)27(20)34-17(2)23(24)26(29(37)38)40-31(6,7)8/h13-14,26H,10-12,15H2,1-9H3,(H,33,36)(H,37,38)/t26-/m0/s1. The van der Waals surface area contributed by atoms with Gasteiger partial charge in [0.25, 0.3) is 5.91 Å². The van der Waals surface area contributed by atoms with Crippen molar-refractivity contribution in [1.82, 2.24) is 14.9 Å². The summed E-state index contributed by atoms with van der Waals surface area (Å²) >= 11 is 0. The SMILES string of the molecule is Cc1nc2c(cc(C(=O)NCC(C)(C)C)n2C)c(-c2cc(F)c3c(c2C)CCCO3)c1[C@H](OC(C)(C)C)C(=O)O. The molecular weight excluding hydrogens is 513 g/mol. The van der Waals surface area contributed by atoms with Gasteiger partial charge < -0.3 is 24.5 Å². The molecule has 1 aromatic carbocycles. The molecule has 2 N–H and O–H groups in total. The van der Waals surface area contributed by atoms with E-state index in [-0.39, 0.29) is 17.1 Å². The number of fused-ring (bicyclic) bond motifs is 2. The fourth-order valence-corrected chi connectivity index (χ4v) is 5.23. The Kier molecular flexibility index (Phi) is 7.75. The van der Waals surface area contributed by atoms with Crippen LogP contribution in [0.2, 0.25) is 0 Å². The quantitative estimate of drug-likeness (QED) is 0.386. The Morgan fingerprint density at radius 3 is 2.48 bits per heavy atom. The minimum absolute atomic E-state index is 0.119. The van der Waals surface area contributed by atoms with Crippen LogP contribution in [0.5, 0.6) is 5.75 Å². The van der Waals surface area contributed by atoms with E-state index in [2.05, 4.69) is 5.32 Å². The number of rotatable bonds is 6. The van der Waals surface area contributed by atoms with Crippen LogP contribution >= 0.6 is 0 Å². The van der Waals surface area contributed by atoms with Crippen molar-refractivity contribution in [2.24, 2.45) is 12.5 Å². The summed E-state index contributed by atoms with van der Waals surface area (Å²) in [5.74, 6) is -1.72. The number of amides is 1. The number of carbonyl (C=O) groups is 2. The van der Waals surface area contributed by atoms with Crippen LogP contribution in [0.1, 0.15) is 86.9 Å². The molecule has 0 radical (unpaired) electrons. The summed E-state index contributed by atoms with van der Waals surface area (Å²) in [4.78, 5) is 30.7. The second-order valence-electron chi connectivity index (χ2n) is 12.8. The lowest BCUT2D eigenvalue weighted by atomic mass is 9.86. The molecule has 1 aliphatic heterocycles.